The summed E-state index contributed by atoms with van der Waals surface area (Å²) in [5.41, 5.74) is 1.64. The monoisotopic (exact) mass is 291 g/mol. The molecule has 1 saturated heterocycles. The van der Waals surface area contributed by atoms with Crippen molar-refractivity contribution >= 4 is 11.8 Å². The van der Waals surface area contributed by atoms with Crippen LogP contribution in [0.3, 0.4) is 0 Å². The van der Waals surface area contributed by atoms with Gasteiger partial charge >= 0.3 is 0 Å². The summed E-state index contributed by atoms with van der Waals surface area (Å²) in [5, 5.41) is 14.0. The third-order valence-electron chi connectivity index (χ3n) is 3.52. The minimum atomic E-state index is 0.164. The van der Waals surface area contributed by atoms with Crippen molar-refractivity contribution in [2.45, 2.75) is 13.0 Å². The number of benzene rings is 1. The Kier molecular flexibility index (Phi) is 3.67. The van der Waals surface area contributed by atoms with Gasteiger partial charge in [-0.25, -0.2) is 0 Å². The molecule has 20 heavy (non-hydrogen) atoms. The largest absolute Gasteiger partial charge is 0.507 e. The van der Waals surface area contributed by atoms with Gasteiger partial charge in [0.05, 0.1) is 11.6 Å². The van der Waals surface area contributed by atoms with Crippen LogP contribution in [0.15, 0.2) is 22.7 Å². The van der Waals surface area contributed by atoms with Crippen molar-refractivity contribution in [3.8, 4) is 17.2 Å². The molecule has 0 amide bonds. The van der Waals surface area contributed by atoms with E-state index in [1.807, 2.05) is 30.8 Å². The maximum Gasteiger partial charge on any atom is 0.261 e. The molecule has 0 bridgehead atoms. The van der Waals surface area contributed by atoms with E-state index in [0.29, 0.717) is 17.3 Å². The van der Waals surface area contributed by atoms with Gasteiger partial charge in [-0.1, -0.05) is 16.8 Å². The molecule has 6 heteroatoms. The first-order valence-corrected chi connectivity index (χ1v) is 7.72. The van der Waals surface area contributed by atoms with E-state index in [2.05, 4.69) is 22.1 Å². The fourth-order valence-corrected chi connectivity index (χ4v) is 3.47. The van der Waals surface area contributed by atoms with Gasteiger partial charge in [0, 0.05) is 18.1 Å². The summed E-state index contributed by atoms with van der Waals surface area (Å²) in [5.74, 6) is 3.34. The van der Waals surface area contributed by atoms with Gasteiger partial charge in [-0.3, -0.25) is 4.90 Å². The van der Waals surface area contributed by atoms with E-state index in [9.17, 15) is 5.11 Å². The van der Waals surface area contributed by atoms with Gasteiger partial charge < -0.3 is 9.63 Å². The molecule has 0 aliphatic carbocycles. The topological polar surface area (TPSA) is 62.4 Å². The molecule has 0 spiro atoms. The fraction of sp³-hybridized carbons (Fsp3) is 0.429. The van der Waals surface area contributed by atoms with Crippen molar-refractivity contribution in [1.29, 1.82) is 0 Å². The van der Waals surface area contributed by atoms with Crippen molar-refractivity contribution in [2.75, 3.05) is 25.1 Å². The summed E-state index contributed by atoms with van der Waals surface area (Å²) < 4.78 is 5.33. The first-order valence-electron chi connectivity index (χ1n) is 6.57. The van der Waals surface area contributed by atoms with Crippen LogP contribution < -0.4 is 0 Å². The van der Waals surface area contributed by atoms with Crippen LogP contribution in [-0.2, 0) is 0 Å². The first-order chi connectivity index (χ1) is 9.65. The minimum absolute atomic E-state index is 0.164. The molecule has 0 radical (unpaired) electrons. The zero-order valence-corrected chi connectivity index (χ0v) is 12.4. The number of nitrogens with zero attached hydrogens (tertiary/aromatic N) is 3. The molecule has 1 aliphatic rings. The molecule has 3 rings (SSSR count). The average Bonchev–Trinajstić information content (AvgIpc) is 2.91. The quantitative estimate of drug-likeness (QED) is 0.917. The highest BCUT2D eigenvalue weighted by molar-refractivity contribution is 7.99. The smallest absolute Gasteiger partial charge is 0.261 e. The van der Waals surface area contributed by atoms with Gasteiger partial charge in [-0.15, -0.1) is 0 Å². The van der Waals surface area contributed by atoms with E-state index in [0.717, 1.165) is 23.6 Å². The number of aryl methyl sites for hydroxylation is 1. The summed E-state index contributed by atoms with van der Waals surface area (Å²) in [7, 11) is 2.07. The lowest BCUT2D eigenvalue weighted by molar-refractivity contribution is 0.257. The second-order valence-electron chi connectivity index (χ2n) is 5.05. The molecule has 106 valence electrons. The number of aromatic hydroxyl groups is 1. The van der Waals surface area contributed by atoms with Crippen LogP contribution in [0.4, 0.5) is 0 Å². The van der Waals surface area contributed by atoms with Crippen LogP contribution in [0.2, 0.25) is 0 Å². The number of phenols is 1. The van der Waals surface area contributed by atoms with Crippen LogP contribution in [0.25, 0.3) is 11.5 Å². The molecule has 1 unspecified atom stereocenters. The summed E-state index contributed by atoms with van der Waals surface area (Å²) in [4.78, 5) is 6.70. The lowest BCUT2D eigenvalue weighted by Crippen LogP contribution is -2.33. The number of phenolic OH excluding ortho intramolecular Hbond substituents is 1. The fourth-order valence-electron chi connectivity index (χ4n) is 2.26. The van der Waals surface area contributed by atoms with Crippen molar-refractivity contribution in [3.63, 3.8) is 0 Å². The normalized spacial score (nSPS) is 20.2. The van der Waals surface area contributed by atoms with Gasteiger partial charge in [0.15, 0.2) is 5.82 Å². The summed E-state index contributed by atoms with van der Waals surface area (Å²) in [6, 6.07) is 5.53. The van der Waals surface area contributed by atoms with Crippen LogP contribution in [0.5, 0.6) is 5.75 Å². The van der Waals surface area contributed by atoms with Gasteiger partial charge in [0.2, 0.25) is 0 Å². The Morgan fingerprint density at radius 2 is 2.30 bits per heavy atom. The Morgan fingerprint density at radius 3 is 3.10 bits per heavy atom. The Hall–Kier alpha value is -1.53. The lowest BCUT2D eigenvalue weighted by atomic mass is 10.1. The predicted octanol–water partition coefficient (Wildman–Crippen LogP) is 2.47. The lowest BCUT2D eigenvalue weighted by Gasteiger charge is -2.29. The number of thioether (sulfide) groups is 1. The summed E-state index contributed by atoms with van der Waals surface area (Å²) in [6.07, 6.45) is 0. The Labute approximate surface area is 122 Å². The van der Waals surface area contributed by atoms with E-state index in [4.69, 9.17) is 4.52 Å². The highest BCUT2D eigenvalue weighted by Crippen LogP contribution is 2.31. The second-order valence-corrected chi connectivity index (χ2v) is 6.20. The minimum Gasteiger partial charge on any atom is -0.507 e. The zero-order valence-electron chi connectivity index (χ0n) is 11.5. The Bertz CT molecular complexity index is 614. The summed E-state index contributed by atoms with van der Waals surface area (Å²) in [6.45, 7) is 2.99. The van der Waals surface area contributed by atoms with Gasteiger partial charge in [-0.05, 0) is 26.1 Å². The average molecular weight is 291 g/mol. The van der Waals surface area contributed by atoms with Crippen molar-refractivity contribution in [2.24, 2.45) is 0 Å². The van der Waals surface area contributed by atoms with E-state index >= 15 is 0 Å². The zero-order chi connectivity index (χ0) is 14.1. The molecule has 1 aromatic heterocycles. The van der Waals surface area contributed by atoms with Crippen molar-refractivity contribution in [3.05, 3.63) is 29.6 Å². The number of hydrogen-bond acceptors (Lipinski definition) is 6. The van der Waals surface area contributed by atoms with Crippen molar-refractivity contribution in [1.82, 2.24) is 15.0 Å². The molecule has 1 atom stereocenters. The van der Waals surface area contributed by atoms with Crippen LogP contribution in [0, 0.1) is 6.92 Å². The van der Waals surface area contributed by atoms with E-state index < -0.39 is 0 Å². The Morgan fingerprint density at radius 1 is 1.45 bits per heavy atom. The maximum atomic E-state index is 9.92. The third kappa shape index (κ3) is 2.53. The molecule has 1 aromatic carbocycles. The number of rotatable bonds is 2. The highest BCUT2D eigenvalue weighted by atomic mass is 32.2. The van der Waals surface area contributed by atoms with Crippen LogP contribution >= 0.6 is 11.8 Å². The highest BCUT2D eigenvalue weighted by Gasteiger charge is 2.26. The van der Waals surface area contributed by atoms with Crippen molar-refractivity contribution < 1.29 is 9.63 Å². The number of aromatic nitrogens is 2. The molecule has 5 nitrogen and oxygen atoms in total. The van der Waals surface area contributed by atoms with Gasteiger partial charge in [0.1, 0.15) is 5.75 Å². The standard InChI is InChI=1S/C14H17N3O2S/c1-9-3-4-12(18)10(7-9)14-15-13(16-19-14)11-8-20-6-5-17(11)2/h3-4,7,11,18H,5-6,8H2,1-2H3. The SMILES string of the molecule is Cc1ccc(O)c(-c2nc(C3CSCCN3C)no2)c1. The molecule has 1 fully saturated rings. The van der Waals surface area contributed by atoms with E-state index in [1.54, 1.807) is 6.07 Å². The first kappa shape index (κ1) is 13.5. The summed E-state index contributed by atoms with van der Waals surface area (Å²) >= 11 is 1.90. The van der Waals surface area contributed by atoms with Crippen LogP contribution in [-0.4, -0.2) is 45.2 Å². The molecule has 1 aliphatic heterocycles. The molecule has 0 saturated carbocycles. The number of hydrogen-bond donors (Lipinski definition) is 1. The van der Waals surface area contributed by atoms with Gasteiger partial charge in [0.25, 0.3) is 5.89 Å². The molecule has 2 aromatic rings. The Balaban J connectivity index is 1.91. The van der Waals surface area contributed by atoms with Crippen LogP contribution in [0.1, 0.15) is 17.4 Å². The van der Waals surface area contributed by atoms with E-state index in [-0.39, 0.29) is 11.8 Å². The third-order valence-corrected chi connectivity index (χ3v) is 4.54. The molecule has 2 heterocycles. The molecular formula is C14H17N3O2S. The maximum absolute atomic E-state index is 9.92. The molecule has 1 N–H and O–H groups in total. The second kappa shape index (κ2) is 5.46. The van der Waals surface area contributed by atoms with E-state index in [1.165, 1.54) is 0 Å². The molecular weight excluding hydrogens is 274 g/mol. The van der Waals surface area contributed by atoms with Gasteiger partial charge in [-0.2, -0.15) is 16.7 Å². The predicted molar refractivity (Wildman–Crippen MR) is 78.8 cm³/mol.